The summed E-state index contributed by atoms with van der Waals surface area (Å²) in [7, 11) is 0. The fourth-order valence-electron chi connectivity index (χ4n) is 1.21. The third kappa shape index (κ3) is 4.88. The van der Waals surface area contributed by atoms with E-state index in [2.05, 4.69) is 0 Å². The highest BCUT2D eigenvalue weighted by Gasteiger charge is 2.05. The Morgan fingerprint density at radius 1 is 1.44 bits per heavy atom. The summed E-state index contributed by atoms with van der Waals surface area (Å²) in [6, 6.07) is 4.81. The maximum absolute atomic E-state index is 10.6. The van der Waals surface area contributed by atoms with Gasteiger partial charge in [-0.3, -0.25) is 4.79 Å². The molecule has 3 N–H and O–H groups in total. The number of rotatable bonds is 6. The maximum atomic E-state index is 10.6. The zero-order valence-corrected chi connectivity index (χ0v) is 10.2. The van der Waals surface area contributed by atoms with Crippen molar-refractivity contribution in [1.29, 1.82) is 0 Å². The van der Waals surface area contributed by atoms with E-state index in [-0.39, 0.29) is 6.42 Å². The topological polar surface area (TPSA) is 89.6 Å². The number of carboxylic acids is 1. The van der Waals surface area contributed by atoms with E-state index in [4.69, 9.17) is 27.2 Å². The molecule has 96 valence electrons. The number of hydrogen-bond donors (Lipinski definition) is 2. The van der Waals surface area contributed by atoms with Crippen LogP contribution in [-0.4, -0.2) is 23.6 Å². The third-order valence-corrected chi connectivity index (χ3v) is 2.18. The summed E-state index contributed by atoms with van der Waals surface area (Å²) in [5.74, 6) is -1.19. The lowest BCUT2D eigenvalue weighted by Crippen LogP contribution is -2.10. The number of carboxylic acid groups (broad SMARTS) is 1. The zero-order chi connectivity index (χ0) is 13.5. The van der Waals surface area contributed by atoms with Crippen LogP contribution in [0.5, 0.6) is 5.75 Å². The molecule has 5 nitrogen and oxygen atoms in total. The highest BCUT2D eigenvalue weighted by molar-refractivity contribution is 6.30. The van der Waals surface area contributed by atoms with Crippen molar-refractivity contribution in [1.82, 2.24) is 0 Å². The molecule has 0 saturated heterocycles. The number of amides is 1. The lowest BCUT2D eigenvalue weighted by Gasteiger charge is -2.07. The standard InChI is InChI=1S/C12H12ClNO4/c13-9-5-4-8(2-1-3-11(14)15)10(6-9)18-7-12(16)17/h1-2,4-6H,3,7H2,(H2,14,15)(H,16,17). The van der Waals surface area contributed by atoms with E-state index in [1.165, 1.54) is 6.07 Å². The van der Waals surface area contributed by atoms with Gasteiger partial charge in [-0.25, -0.2) is 4.79 Å². The van der Waals surface area contributed by atoms with Gasteiger partial charge in [-0.05, 0) is 18.2 Å². The van der Waals surface area contributed by atoms with Gasteiger partial charge in [0.1, 0.15) is 5.75 Å². The number of ether oxygens (including phenoxy) is 1. The van der Waals surface area contributed by atoms with Gasteiger partial charge in [0.25, 0.3) is 0 Å². The largest absolute Gasteiger partial charge is 0.481 e. The van der Waals surface area contributed by atoms with Gasteiger partial charge in [0.2, 0.25) is 5.91 Å². The number of hydrogen-bond acceptors (Lipinski definition) is 3. The Hall–Kier alpha value is -2.01. The van der Waals surface area contributed by atoms with Crippen LogP contribution in [0.4, 0.5) is 0 Å². The Balaban J connectivity index is 2.85. The molecule has 18 heavy (non-hydrogen) atoms. The number of carbonyl (C=O) groups excluding carboxylic acids is 1. The van der Waals surface area contributed by atoms with Crippen LogP contribution in [0.1, 0.15) is 12.0 Å². The minimum Gasteiger partial charge on any atom is -0.481 e. The van der Waals surface area contributed by atoms with Crippen LogP contribution in [0.3, 0.4) is 0 Å². The van der Waals surface area contributed by atoms with Crippen LogP contribution in [0, 0.1) is 0 Å². The van der Waals surface area contributed by atoms with Crippen molar-refractivity contribution in [2.24, 2.45) is 5.73 Å². The molecule has 0 heterocycles. The van der Waals surface area contributed by atoms with Gasteiger partial charge >= 0.3 is 5.97 Å². The summed E-state index contributed by atoms with van der Waals surface area (Å²) in [6.07, 6.45) is 3.29. The molecule has 0 aromatic heterocycles. The predicted molar refractivity (Wildman–Crippen MR) is 67.4 cm³/mol. The van der Waals surface area contributed by atoms with E-state index in [1.807, 2.05) is 0 Å². The fraction of sp³-hybridized carbons (Fsp3) is 0.167. The molecule has 1 rings (SSSR count). The fourth-order valence-corrected chi connectivity index (χ4v) is 1.37. The first-order valence-electron chi connectivity index (χ1n) is 5.08. The first-order chi connectivity index (χ1) is 8.49. The summed E-state index contributed by atoms with van der Waals surface area (Å²) >= 11 is 5.79. The van der Waals surface area contributed by atoms with Crippen LogP contribution in [-0.2, 0) is 9.59 Å². The summed E-state index contributed by atoms with van der Waals surface area (Å²) in [5.41, 5.74) is 5.62. The molecule has 0 aliphatic rings. The Morgan fingerprint density at radius 2 is 2.17 bits per heavy atom. The Labute approximate surface area is 109 Å². The van der Waals surface area contributed by atoms with Crippen molar-refractivity contribution in [2.75, 3.05) is 6.61 Å². The van der Waals surface area contributed by atoms with Crippen molar-refractivity contribution < 1.29 is 19.4 Å². The summed E-state index contributed by atoms with van der Waals surface area (Å²) in [5, 5.41) is 8.98. The van der Waals surface area contributed by atoms with Gasteiger partial charge in [-0.15, -0.1) is 0 Å². The molecular formula is C12H12ClNO4. The van der Waals surface area contributed by atoms with Gasteiger partial charge in [0, 0.05) is 17.0 Å². The lowest BCUT2D eigenvalue weighted by atomic mass is 10.1. The Morgan fingerprint density at radius 3 is 2.78 bits per heavy atom. The van der Waals surface area contributed by atoms with E-state index in [0.717, 1.165) is 0 Å². The molecule has 0 aliphatic heterocycles. The second-order valence-corrected chi connectivity index (χ2v) is 3.87. The average Bonchev–Trinajstić information content (AvgIpc) is 2.28. The molecule has 1 amide bonds. The minimum absolute atomic E-state index is 0.0982. The first kappa shape index (κ1) is 14.1. The average molecular weight is 270 g/mol. The van der Waals surface area contributed by atoms with Crippen LogP contribution in [0.25, 0.3) is 6.08 Å². The predicted octanol–water partition coefficient (Wildman–Crippen LogP) is 1.69. The van der Waals surface area contributed by atoms with E-state index in [0.29, 0.717) is 16.3 Å². The van der Waals surface area contributed by atoms with Gasteiger partial charge in [0.15, 0.2) is 6.61 Å². The Kier molecular flexibility index (Phi) is 5.20. The molecule has 0 spiro atoms. The molecule has 0 atom stereocenters. The van der Waals surface area contributed by atoms with Gasteiger partial charge in [-0.1, -0.05) is 23.8 Å². The molecule has 6 heteroatoms. The van der Waals surface area contributed by atoms with Crippen LogP contribution in [0.15, 0.2) is 24.3 Å². The van der Waals surface area contributed by atoms with Gasteiger partial charge in [-0.2, -0.15) is 0 Å². The van der Waals surface area contributed by atoms with Crippen LogP contribution in [0.2, 0.25) is 5.02 Å². The van der Waals surface area contributed by atoms with Crippen molar-refractivity contribution in [3.05, 3.63) is 34.9 Å². The molecule has 0 fully saturated rings. The van der Waals surface area contributed by atoms with Crippen molar-refractivity contribution in [2.45, 2.75) is 6.42 Å². The SMILES string of the molecule is NC(=O)CC=Cc1ccc(Cl)cc1OCC(=O)O. The second-order valence-electron chi connectivity index (χ2n) is 3.44. The van der Waals surface area contributed by atoms with Crippen LogP contribution >= 0.6 is 11.6 Å². The lowest BCUT2D eigenvalue weighted by molar-refractivity contribution is -0.139. The smallest absolute Gasteiger partial charge is 0.341 e. The van der Waals surface area contributed by atoms with E-state index < -0.39 is 18.5 Å². The van der Waals surface area contributed by atoms with Crippen molar-refractivity contribution >= 4 is 29.6 Å². The number of aliphatic carboxylic acids is 1. The molecule has 1 aromatic rings. The molecule has 1 aromatic carbocycles. The van der Waals surface area contributed by atoms with Gasteiger partial charge in [0.05, 0.1) is 0 Å². The quantitative estimate of drug-likeness (QED) is 0.822. The van der Waals surface area contributed by atoms with E-state index in [1.54, 1.807) is 24.3 Å². The van der Waals surface area contributed by atoms with Crippen molar-refractivity contribution in [3.63, 3.8) is 0 Å². The minimum atomic E-state index is -1.08. The molecule has 0 bridgehead atoms. The summed E-state index contributed by atoms with van der Waals surface area (Å²) in [4.78, 5) is 21.0. The van der Waals surface area contributed by atoms with Gasteiger partial charge < -0.3 is 15.6 Å². The first-order valence-corrected chi connectivity index (χ1v) is 5.46. The zero-order valence-electron chi connectivity index (χ0n) is 9.43. The molecular weight excluding hydrogens is 258 g/mol. The number of nitrogens with two attached hydrogens (primary N) is 1. The summed E-state index contributed by atoms with van der Waals surface area (Å²) in [6.45, 7) is -0.461. The van der Waals surface area contributed by atoms with Crippen LogP contribution < -0.4 is 10.5 Å². The van der Waals surface area contributed by atoms with Crippen molar-refractivity contribution in [3.8, 4) is 5.75 Å². The van der Waals surface area contributed by atoms with E-state index in [9.17, 15) is 9.59 Å². The second kappa shape index (κ2) is 6.66. The monoisotopic (exact) mass is 269 g/mol. The number of halogens is 1. The normalized spacial score (nSPS) is 10.5. The van der Waals surface area contributed by atoms with E-state index >= 15 is 0 Å². The molecule has 0 radical (unpaired) electrons. The Bertz CT molecular complexity index is 485. The molecule has 0 unspecified atom stereocenters. The maximum Gasteiger partial charge on any atom is 0.341 e. The molecule has 0 aliphatic carbocycles. The summed E-state index contributed by atoms with van der Waals surface area (Å²) < 4.78 is 5.09. The highest BCUT2D eigenvalue weighted by Crippen LogP contribution is 2.24. The number of benzene rings is 1. The number of primary amides is 1. The third-order valence-electron chi connectivity index (χ3n) is 1.94. The highest BCUT2D eigenvalue weighted by atomic mass is 35.5. The molecule has 0 saturated carbocycles. The number of carbonyl (C=O) groups is 2.